The van der Waals surface area contributed by atoms with Gasteiger partial charge in [0.25, 0.3) is 0 Å². The van der Waals surface area contributed by atoms with E-state index in [1.165, 1.54) is 107 Å². The summed E-state index contributed by atoms with van der Waals surface area (Å²) in [5.41, 5.74) is 18.5. The average molecular weight is 716 g/mol. The van der Waals surface area contributed by atoms with E-state index in [0.717, 1.165) is 11.8 Å². The van der Waals surface area contributed by atoms with Crippen molar-refractivity contribution in [3.63, 3.8) is 0 Å². The molecule has 4 saturated carbocycles. The molecular weight excluding hydrogens is 663 g/mol. The zero-order valence-corrected chi connectivity index (χ0v) is 33.0. The van der Waals surface area contributed by atoms with Crippen LogP contribution in [0.3, 0.4) is 0 Å². The number of hydrogen-bond acceptors (Lipinski definition) is 1. The maximum Gasteiger partial charge on any atom is 0.0543 e. The highest BCUT2D eigenvalue weighted by Crippen LogP contribution is 2.70. The molecule has 0 aliphatic heterocycles. The van der Waals surface area contributed by atoms with Gasteiger partial charge in [0, 0.05) is 22.4 Å². The maximum absolute atomic E-state index is 2.64. The summed E-state index contributed by atoms with van der Waals surface area (Å²) in [6.07, 6.45) is 9.41. The third kappa shape index (κ3) is 4.97. The van der Waals surface area contributed by atoms with Gasteiger partial charge in [0.05, 0.1) is 5.69 Å². The molecular formula is C54H53N. The normalized spacial score (nSPS) is 26.0. The Hall–Kier alpha value is -4.88. The van der Waals surface area contributed by atoms with Crippen molar-refractivity contribution in [3.05, 3.63) is 162 Å². The molecule has 4 fully saturated rings. The minimum Gasteiger partial charge on any atom is -0.310 e. The zero-order chi connectivity index (χ0) is 37.1. The molecule has 4 bridgehead atoms. The molecule has 0 N–H and O–H groups in total. The van der Waals surface area contributed by atoms with Gasteiger partial charge < -0.3 is 4.90 Å². The Kier molecular flexibility index (Phi) is 7.34. The van der Waals surface area contributed by atoms with Crippen molar-refractivity contribution < 1.29 is 0 Å². The average Bonchev–Trinajstić information content (AvgIpc) is 3.50. The van der Waals surface area contributed by atoms with Crippen molar-refractivity contribution in [1.82, 2.24) is 0 Å². The van der Waals surface area contributed by atoms with Crippen LogP contribution in [0.2, 0.25) is 0 Å². The predicted molar refractivity (Wildman–Crippen MR) is 231 cm³/mol. The number of rotatable bonds is 5. The van der Waals surface area contributed by atoms with Gasteiger partial charge in [-0.05, 0) is 166 Å². The summed E-state index contributed by atoms with van der Waals surface area (Å²) in [6.45, 7) is 9.80. The molecule has 0 heterocycles. The first-order valence-electron chi connectivity index (χ1n) is 21.2. The van der Waals surface area contributed by atoms with Gasteiger partial charge >= 0.3 is 0 Å². The molecule has 6 aromatic rings. The monoisotopic (exact) mass is 715 g/mol. The number of nitrogens with zero attached hydrogens (tertiary/aromatic N) is 1. The molecule has 1 nitrogen and oxygen atoms in total. The predicted octanol–water partition coefficient (Wildman–Crippen LogP) is 14.6. The molecule has 0 saturated heterocycles. The Bertz CT molecular complexity index is 2400. The summed E-state index contributed by atoms with van der Waals surface area (Å²) < 4.78 is 0. The van der Waals surface area contributed by atoms with Gasteiger partial charge in [0.1, 0.15) is 0 Å². The van der Waals surface area contributed by atoms with E-state index < -0.39 is 0 Å². The van der Waals surface area contributed by atoms with Crippen LogP contribution in [0, 0.1) is 23.7 Å². The third-order valence-corrected chi connectivity index (χ3v) is 15.3. The third-order valence-electron chi connectivity index (χ3n) is 15.3. The first-order valence-corrected chi connectivity index (χ1v) is 21.2. The molecule has 274 valence electrons. The highest BCUT2D eigenvalue weighted by Gasteiger charge is 2.62. The van der Waals surface area contributed by atoms with E-state index in [-0.39, 0.29) is 16.2 Å². The lowest BCUT2D eigenvalue weighted by Crippen LogP contribution is -2.55. The lowest BCUT2D eigenvalue weighted by Gasteiger charge is -2.61. The number of benzene rings is 6. The molecule has 6 aromatic carbocycles. The topological polar surface area (TPSA) is 3.24 Å². The fourth-order valence-corrected chi connectivity index (χ4v) is 12.8. The number of hydrogen-bond donors (Lipinski definition) is 0. The Morgan fingerprint density at radius 3 is 1.65 bits per heavy atom. The fraction of sp³-hybridized carbons (Fsp3) is 0.333. The lowest BCUT2D eigenvalue weighted by molar-refractivity contribution is -0.0399. The molecule has 6 aliphatic carbocycles. The van der Waals surface area contributed by atoms with Crippen LogP contribution in [-0.2, 0) is 16.2 Å². The molecule has 0 radical (unpaired) electrons. The van der Waals surface area contributed by atoms with Crippen LogP contribution in [0.1, 0.15) is 94.9 Å². The van der Waals surface area contributed by atoms with Gasteiger partial charge in [-0.15, -0.1) is 0 Å². The summed E-state index contributed by atoms with van der Waals surface area (Å²) >= 11 is 0. The minimum absolute atomic E-state index is 0.0730. The molecule has 0 amide bonds. The van der Waals surface area contributed by atoms with Crippen LogP contribution in [0.25, 0.3) is 33.4 Å². The van der Waals surface area contributed by atoms with Gasteiger partial charge in [-0.25, -0.2) is 0 Å². The highest BCUT2D eigenvalue weighted by atomic mass is 15.1. The second-order valence-corrected chi connectivity index (χ2v) is 19.2. The molecule has 1 heteroatoms. The molecule has 6 aliphatic rings. The van der Waals surface area contributed by atoms with Crippen molar-refractivity contribution >= 4 is 17.1 Å². The highest BCUT2D eigenvalue weighted by molar-refractivity contribution is 5.96. The Balaban J connectivity index is 1.15. The first kappa shape index (κ1) is 33.5. The van der Waals surface area contributed by atoms with E-state index in [1.54, 1.807) is 11.1 Å². The van der Waals surface area contributed by atoms with Gasteiger partial charge in [-0.1, -0.05) is 131 Å². The largest absolute Gasteiger partial charge is 0.310 e. The van der Waals surface area contributed by atoms with Crippen LogP contribution in [0.5, 0.6) is 0 Å². The molecule has 0 unspecified atom stereocenters. The summed E-state index contributed by atoms with van der Waals surface area (Å²) in [7, 11) is 0. The van der Waals surface area contributed by atoms with E-state index in [0.29, 0.717) is 11.8 Å². The standard InChI is InChI=1S/C54H53N/c1-52(2)26-27-53(3,4)49-34-44(23-25-46(49)52)55(43-21-18-39(19-22-43)37-12-7-5-8-13-37)50-17-11-16-47-51(50)45-24-20-40(38-14-9-6-10-15-38)33-48(45)54(47)41-29-35-28-36(31-41)32-42(54)30-35/h5-25,33-36,41-42H,26-32H2,1-4H3. The second kappa shape index (κ2) is 12.1. The van der Waals surface area contributed by atoms with Crippen LogP contribution < -0.4 is 4.90 Å². The van der Waals surface area contributed by atoms with E-state index in [1.807, 2.05) is 0 Å². The summed E-state index contributed by atoms with van der Waals surface area (Å²) in [4.78, 5) is 2.62. The van der Waals surface area contributed by atoms with Crippen LogP contribution >= 0.6 is 0 Å². The van der Waals surface area contributed by atoms with E-state index >= 15 is 0 Å². The summed E-state index contributed by atoms with van der Waals surface area (Å²) in [5.74, 6) is 3.22. The van der Waals surface area contributed by atoms with Crippen molar-refractivity contribution in [2.75, 3.05) is 4.90 Å². The fourth-order valence-electron chi connectivity index (χ4n) is 12.8. The van der Waals surface area contributed by atoms with Crippen molar-refractivity contribution in [2.24, 2.45) is 23.7 Å². The molecule has 0 atom stereocenters. The molecule has 55 heavy (non-hydrogen) atoms. The van der Waals surface area contributed by atoms with Crippen LogP contribution in [0.15, 0.2) is 140 Å². The molecule has 12 rings (SSSR count). The maximum atomic E-state index is 2.64. The van der Waals surface area contributed by atoms with Gasteiger partial charge in [-0.3, -0.25) is 0 Å². The summed E-state index contributed by atoms with van der Waals surface area (Å²) in [6, 6.07) is 53.7. The van der Waals surface area contributed by atoms with Gasteiger partial charge in [0.15, 0.2) is 0 Å². The molecule has 0 aromatic heterocycles. The van der Waals surface area contributed by atoms with Gasteiger partial charge in [0.2, 0.25) is 0 Å². The zero-order valence-electron chi connectivity index (χ0n) is 33.0. The number of anilines is 3. The smallest absolute Gasteiger partial charge is 0.0543 e. The number of fused-ring (bicyclic) bond motifs is 4. The van der Waals surface area contributed by atoms with Crippen molar-refractivity contribution in [3.8, 4) is 33.4 Å². The Morgan fingerprint density at radius 2 is 1.00 bits per heavy atom. The quantitative estimate of drug-likeness (QED) is 0.172. The van der Waals surface area contributed by atoms with Crippen LogP contribution in [0.4, 0.5) is 17.1 Å². The lowest BCUT2D eigenvalue weighted by atomic mass is 9.43. The Morgan fingerprint density at radius 1 is 0.436 bits per heavy atom. The minimum atomic E-state index is 0.0730. The van der Waals surface area contributed by atoms with Crippen LogP contribution in [-0.4, -0.2) is 0 Å². The SMILES string of the molecule is CC1(C)CCC(C)(C)c2cc(N(c3ccc(-c4ccccc4)cc3)c3cccc4c3-c3ccc(-c5ccccc5)cc3C43C4CC5CC(C4)CC3C5)ccc21. The van der Waals surface area contributed by atoms with Gasteiger partial charge in [-0.2, -0.15) is 0 Å². The van der Waals surface area contributed by atoms with Crippen molar-refractivity contribution in [1.29, 1.82) is 0 Å². The summed E-state index contributed by atoms with van der Waals surface area (Å²) in [5, 5.41) is 0. The van der Waals surface area contributed by atoms with Crippen molar-refractivity contribution in [2.45, 2.75) is 88.9 Å². The van der Waals surface area contributed by atoms with E-state index in [2.05, 4.69) is 172 Å². The molecule has 1 spiro atoms. The Labute approximate surface area is 328 Å². The second-order valence-electron chi connectivity index (χ2n) is 19.2. The van der Waals surface area contributed by atoms with E-state index in [4.69, 9.17) is 0 Å². The van der Waals surface area contributed by atoms with E-state index in [9.17, 15) is 0 Å². The first-order chi connectivity index (χ1) is 26.7.